The molecule has 0 aliphatic heterocycles. The number of amides is 1. The van der Waals surface area contributed by atoms with Crippen LogP contribution in [0.1, 0.15) is 30.4 Å². The largest absolute Gasteiger partial charge is 0.484 e. The average Bonchev–Trinajstić information content (AvgIpc) is 2.74. The lowest BCUT2D eigenvalue weighted by Crippen LogP contribution is -2.42. The Hall–Kier alpha value is -1.55. The van der Waals surface area contributed by atoms with E-state index in [1.165, 1.54) is 5.56 Å². The Bertz CT molecular complexity index is 459. The molecule has 4 heteroatoms. The van der Waals surface area contributed by atoms with Gasteiger partial charge >= 0.3 is 0 Å². The summed E-state index contributed by atoms with van der Waals surface area (Å²) in [7, 11) is 0. The van der Waals surface area contributed by atoms with Crippen LogP contribution in [0.15, 0.2) is 18.2 Å². The number of ether oxygens (including phenoxy) is 1. The quantitative estimate of drug-likeness (QED) is 0.869. The molecule has 2 unspecified atom stereocenters. The molecule has 0 aromatic heterocycles. The number of rotatable bonds is 4. The fraction of sp³-hybridized carbons (Fsp3) is 0.533. The van der Waals surface area contributed by atoms with Crippen LogP contribution in [0.3, 0.4) is 0 Å². The van der Waals surface area contributed by atoms with Crippen LogP contribution >= 0.6 is 0 Å². The summed E-state index contributed by atoms with van der Waals surface area (Å²) in [6.45, 7) is 3.97. The van der Waals surface area contributed by atoms with E-state index in [0.29, 0.717) is 0 Å². The van der Waals surface area contributed by atoms with Crippen LogP contribution in [0.5, 0.6) is 5.75 Å². The molecule has 1 aliphatic rings. The summed E-state index contributed by atoms with van der Waals surface area (Å²) in [4.78, 5) is 11.7. The van der Waals surface area contributed by atoms with Crippen molar-refractivity contribution in [3.8, 4) is 5.75 Å². The molecule has 1 aromatic rings. The molecule has 2 N–H and O–H groups in total. The number of carbonyl (C=O) groups excluding carboxylic acids is 1. The first-order chi connectivity index (χ1) is 9.06. The third kappa shape index (κ3) is 3.70. The Labute approximate surface area is 113 Å². The maximum absolute atomic E-state index is 11.7. The van der Waals surface area contributed by atoms with Crippen molar-refractivity contribution in [2.45, 2.75) is 45.3 Å². The van der Waals surface area contributed by atoms with Crippen molar-refractivity contribution in [3.05, 3.63) is 29.3 Å². The SMILES string of the molecule is Cc1ccc(OCC(=O)NC2CCCC2O)c(C)c1. The van der Waals surface area contributed by atoms with Gasteiger partial charge in [-0.15, -0.1) is 0 Å². The maximum atomic E-state index is 11.7. The van der Waals surface area contributed by atoms with Crippen molar-refractivity contribution < 1.29 is 14.6 Å². The number of benzene rings is 1. The third-order valence-corrected chi connectivity index (χ3v) is 3.52. The zero-order valence-electron chi connectivity index (χ0n) is 11.5. The molecule has 2 rings (SSSR count). The van der Waals surface area contributed by atoms with Crippen LogP contribution in [0.25, 0.3) is 0 Å². The summed E-state index contributed by atoms with van der Waals surface area (Å²) in [6.07, 6.45) is 2.16. The normalized spacial score (nSPS) is 22.3. The first kappa shape index (κ1) is 13.9. The van der Waals surface area contributed by atoms with Crippen LogP contribution < -0.4 is 10.1 Å². The highest BCUT2D eigenvalue weighted by Crippen LogP contribution is 2.20. The van der Waals surface area contributed by atoms with E-state index in [9.17, 15) is 9.90 Å². The highest BCUT2D eigenvalue weighted by Gasteiger charge is 2.26. The van der Waals surface area contributed by atoms with Gasteiger partial charge in [0.15, 0.2) is 6.61 Å². The van der Waals surface area contributed by atoms with E-state index >= 15 is 0 Å². The number of nitrogens with one attached hydrogen (secondary N) is 1. The standard InChI is InChI=1S/C15H21NO3/c1-10-6-7-14(11(2)8-10)19-9-15(18)16-12-4-3-5-13(12)17/h6-8,12-13,17H,3-5,9H2,1-2H3,(H,16,18). The Morgan fingerprint density at radius 2 is 2.21 bits per heavy atom. The van der Waals surface area contributed by atoms with Crippen LogP contribution in [-0.4, -0.2) is 29.8 Å². The molecule has 0 radical (unpaired) electrons. The van der Waals surface area contributed by atoms with E-state index < -0.39 is 6.10 Å². The van der Waals surface area contributed by atoms with Crippen molar-refractivity contribution in [1.82, 2.24) is 5.32 Å². The fourth-order valence-electron chi connectivity index (χ4n) is 2.46. The molecule has 4 nitrogen and oxygen atoms in total. The van der Waals surface area contributed by atoms with E-state index in [2.05, 4.69) is 5.32 Å². The second kappa shape index (κ2) is 6.06. The van der Waals surface area contributed by atoms with Crippen LogP contribution in [0.2, 0.25) is 0 Å². The van der Waals surface area contributed by atoms with Gasteiger partial charge < -0.3 is 15.2 Å². The van der Waals surface area contributed by atoms with Gasteiger partial charge in [0, 0.05) is 0 Å². The molecule has 1 fully saturated rings. The van der Waals surface area contributed by atoms with Crippen molar-refractivity contribution in [3.63, 3.8) is 0 Å². The van der Waals surface area contributed by atoms with Gasteiger partial charge in [-0.25, -0.2) is 0 Å². The molecule has 19 heavy (non-hydrogen) atoms. The zero-order chi connectivity index (χ0) is 13.8. The van der Waals surface area contributed by atoms with Gasteiger partial charge in [-0.1, -0.05) is 17.7 Å². The minimum Gasteiger partial charge on any atom is -0.484 e. The fourth-order valence-corrected chi connectivity index (χ4v) is 2.46. The molecule has 1 aromatic carbocycles. The number of aliphatic hydroxyl groups excluding tert-OH is 1. The van der Waals surface area contributed by atoms with E-state index in [1.807, 2.05) is 32.0 Å². The van der Waals surface area contributed by atoms with Gasteiger partial charge in [0.25, 0.3) is 5.91 Å². The van der Waals surface area contributed by atoms with Gasteiger partial charge in [0.05, 0.1) is 12.1 Å². The summed E-state index contributed by atoms with van der Waals surface area (Å²) in [5.74, 6) is 0.554. The lowest BCUT2D eigenvalue weighted by Gasteiger charge is -2.17. The van der Waals surface area contributed by atoms with Gasteiger partial charge in [-0.05, 0) is 44.7 Å². The Kier molecular flexibility index (Phi) is 4.43. The molecule has 0 bridgehead atoms. The monoisotopic (exact) mass is 263 g/mol. The smallest absolute Gasteiger partial charge is 0.258 e. The van der Waals surface area contributed by atoms with E-state index in [-0.39, 0.29) is 18.6 Å². The predicted octanol–water partition coefficient (Wildman–Crippen LogP) is 1.71. The lowest BCUT2D eigenvalue weighted by molar-refractivity contribution is -0.124. The van der Waals surface area contributed by atoms with Crippen molar-refractivity contribution >= 4 is 5.91 Å². The van der Waals surface area contributed by atoms with E-state index in [1.54, 1.807) is 0 Å². The number of aryl methyl sites for hydroxylation is 2. The van der Waals surface area contributed by atoms with Crippen LogP contribution in [-0.2, 0) is 4.79 Å². The highest BCUT2D eigenvalue weighted by molar-refractivity contribution is 5.78. The van der Waals surface area contributed by atoms with Gasteiger partial charge in [0.1, 0.15) is 5.75 Å². The Morgan fingerprint density at radius 1 is 1.42 bits per heavy atom. The molecule has 0 heterocycles. The van der Waals surface area contributed by atoms with Gasteiger partial charge in [0.2, 0.25) is 0 Å². The summed E-state index contributed by atoms with van der Waals surface area (Å²) in [6, 6.07) is 5.74. The van der Waals surface area contributed by atoms with Crippen molar-refractivity contribution in [2.24, 2.45) is 0 Å². The average molecular weight is 263 g/mol. The summed E-state index contributed by atoms with van der Waals surface area (Å²) in [5.41, 5.74) is 2.19. The van der Waals surface area contributed by atoms with Crippen LogP contribution in [0.4, 0.5) is 0 Å². The molecular formula is C15H21NO3. The zero-order valence-corrected chi connectivity index (χ0v) is 11.5. The van der Waals surface area contributed by atoms with Crippen molar-refractivity contribution in [2.75, 3.05) is 6.61 Å². The summed E-state index contributed by atoms with van der Waals surface area (Å²) in [5, 5.41) is 12.5. The highest BCUT2D eigenvalue weighted by atomic mass is 16.5. The number of carbonyl (C=O) groups is 1. The minimum absolute atomic E-state index is 0.00682. The molecule has 0 saturated heterocycles. The number of hydrogen-bond donors (Lipinski definition) is 2. The predicted molar refractivity (Wildman–Crippen MR) is 73.2 cm³/mol. The second-order valence-corrected chi connectivity index (χ2v) is 5.23. The molecule has 2 atom stereocenters. The van der Waals surface area contributed by atoms with E-state index in [0.717, 1.165) is 30.6 Å². The van der Waals surface area contributed by atoms with E-state index in [4.69, 9.17) is 4.74 Å². The second-order valence-electron chi connectivity index (χ2n) is 5.23. The number of aliphatic hydroxyl groups is 1. The maximum Gasteiger partial charge on any atom is 0.258 e. The molecule has 1 amide bonds. The third-order valence-electron chi connectivity index (χ3n) is 3.52. The lowest BCUT2D eigenvalue weighted by atomic mass is 10.1. The Balaban J connectivity index is 1.83. The molecular weight excluding hydrogens is 242 g/mol. The Morgan fingerprint density at radius 3 is 2.84 bits per heavy atom. The summed E-state index contributed by atoms with van der Waals surface area (Å²) < 4.78 is 5.51. The van der Waals surface area contributed by atoms with Crippen LogP contribution in [0, 0.1) is 13.8 Å². The number of hydrogen-bond acceptors (Lipinski definition) is 3. The first-order valence-electron chi connectivity index (χ1n) is 6.74. The van der Waals surface area contributed by atoms with Gasteiger partial charge in [-0.2, -0.15) is 0 Å². The molecule has 1 saturated carbocycles. The first-order valence-corrected chi connectivity index (χ1v) is 6.74. The minimum atomic E-state index is -0.412. The molecule has 0 spiro atoms. The van der Waals surface area contributed by atoms with Crippen molar-refractivity contribution in [1.29, 1.82) is 0 Å². The molecule has 104 valence electrons. The topological polar surface area (TPSA) is 58.6 Å². The molecule has 1 aliphatic carbocycles. The van der Waals surface area contributed by atoms with Gasteiger partial charge in [-0.3, -0.25) is 4.79 Å². The summed E-state index contributed by atoms with van der Waals surface area (Å²) >= 11 is 0.